The Morgan fingerprint density at radius 2 is 1.75 bits per heavy atom. The zero-order chi connectivity index (χ0) is 19.7. The molecule has 0 fully saturated rings. The van der Waals surface area contributed by atoms with E-state index in [1.54, 1.807) is 48.3 Å². The van der Waals surface area contributed by atoms with Gasteiger partial charge in [-0.2, -0.15) is 5.10 Å². The molecule has 0 unspecified atom stereocenters. The van der Waals surface area contributed by atoms with Crippen LogP contribution in [0.1, 0.15) is 0 Å². The molecule has 5 nitrogen and oxygen atoms in total. The van der Waals surface area contributed by atoms with Crippen molar-refractivity contribution in [1.29, 1.82) is 0 Å². The monoisotopic (exact) mass is 374 g/mol. The number of pyridine rings is 1. The lowest BCUT2D eigenvalue weighted by Gasteiger charge is -2.09. The van der Waals surface area contributed by atoms with Crippen LogP contribution in [0.3, 0.4) is 0 Å². The maximum atomic E-state index is 13.5. The molecule has 28 heavy (non-hydrogen) atoms. The van der Waals surface area contributed by atoms with Crippen LogP contribution < -0.4 is 0 Å². The number of aromatic nitrogens is 3. The maximum Gasteiger partial charge on any atom is 0.243 e. The number of hydrogen-bond acceptors (Lipinski definition) is 3. The molecule has 140 valence electrons. The summed E-state index contributed by atoms with van der Waals surface area (Å²) in [5.41, 5.74) is 3.91. The number of halogens is 1. The van der Waals surface area contributed by atoms with Crippen molar-refractivity contribution in [3.05, 3.63) is 73.1 Å². The summed E-state index contributed by atoms with van der Waals surface area (Å²) in [5, 5.41) is 6.00. The lowest BCUT2D eigenvalue weighted by Crippen LogP contribution is -2.26. The number of rotatable bonds is 4. The van der Waals surface area contributed by atoms with Crippen molar-refractivity contribution in [2.45, 2.75) is 6.54 Å². The second-order valence-corrected chi connectivity index (χ2v) is 6.84. The van der Waals surface area contributed by atoms with Crippen LogP contribution in [-0.4, -0.2) is 39.7 Å². The molecule has 0 saturated heterocycles. The van der Waals surface area contributed by atoms with Gasteiger partial charge in [0.05, 0.1) is 6.20 Å². The van der Waals surface area contributed by atoms with Gasteiger partial charge < -0.3 is 4.90 Å². The summed E-state index contributed by atoms with van der Waals surface area (Å²) in [5.74, 6) is -0.281. The van der Waals surface area contributed by atoms with Crippen LogP contribution in [0.15, 0.2) is 67.3 Å². The molecule has 0 radical (unpaired) electrons. The molecule has 2 heterocycles. The van der Waals surface area contributed by atoms with Gasteiger partial charge >= 0.3 is 0 Å². The molecule has 2 aromatic heterocycles. The first-order chi connectivity index (χ1) is 13.5. The second-order valence-electron chi connectivity index (χ2n) is 6.84. The molecule has 0 aliphatic carbocycles. The third-order valence-electron chi connectivity index (χ3n) is 4.68. The SMILES string of the molecule is CN(C)C(=O)Cn1cc(-c2ccc(-c3cncc4cc(F)ccc34)cc2)cn1. The Balaban J connectivity index is 1.62. The average molecular weight is 374 g/mol. The molecule has 4 aromatic rings. The molecule has 0 spiro atoms. The van der Waals surface area contributed by atoms with E-state index in [0.717, 1.165) is 33.0 Å². The van der Waals surface area contributed by atoms with Crippen LogP contribution >= 0.6 is 0 Å². The molecule has 0 aliphatic heterocycles. The Morgan fingerprint density at radius 3 is 2.50 bits per heavy atom. The van der Waals surface area contributed by atoms with E-state index in [2.05, 4.69) is 10.1 Å². The quantitative estimate of drug-likeness (QED) is 0.543. The van der Waals surface area contributed by atoms with Gasteiger partial charge in [0.2, 0.25) is 5.91 Å². The number of carbonyl (C=O) groups excluding carboxylic acids is 1. The number of likely N-dealkylation sites (N-methyl/N-ethyl adjacent to an activating group) is 1. The second kappa shape index (κ2) is 7.23. The van der Waals surface area contributed by atoms with E-state index in [4.69, 9.17) is 0 Å². The Labute approximate surface area is 162 Å². The van der Waals surface area contributed by atoms with Crippen molar-refractivity contribution in [2.24, 2.45) is 0 Å². The van der Waals surface area contributed by atoms with Gasteiger partial charge in [-0.05, 0) is 28.6 Å². The van der Waals surface area contributed by atoms with E-state index >= 15 is 0 Å². The third-order valence-corrected chi connectivity index (χ3v) is 4.68. The van der Waals surface area contributed by atoms with Gasteiger partial charge in [-0.15, -0.1) is 0 Å². The van der Waals surface area contributed by atoms with Gasteiger partial charge in [-0.1, -0.05) is 30.3 Å². The van der Waals surface area contributed by atoms with Gasteiger partial charge in [0.15, 0.2) is 0 Å². The number of hydrogen-bond donors (Lipinski definition) is 0. The molecule has 0 atom stereocenters. The molecule has 4 rings (SSSR count). The first-order valence-electron chi connectivity index (χ1n) is 8.88. The largest absolute Gasteiger partial charge is 0.347 e. The van der Waals surface area contributed by atoms with E-state index in [0.29, 0.717) is 0 Å². The van der Waals surface area contributed by atoms with Crippen LogP contribution in [0.25, 0.3) is 33.0 Å². The predicted molar refractivity (Wildman–Crippen MR) is 107 cm³/mol. The first kappa shape index (κ1) is 17.9. The van der Waals surface area contributed by atoms with Gasteiger partial charge in [0.1, 0.15) is 12.4 Å². The van der Waals surface area contributed by atoms with E-state index < -0.39 is 0 Å². The fourth-order valence-corrected chi connectivity index (χ4v) is 3.10. The van der Waals surface area contributed by atoms with Gasteiger partial charge in [0.25, 0.3) is 0 Å². The van der Waals surface area contributed by atoms with Crippen molar-refractivity contribution in [1.82, 2.24) is 19.7 Å². The summed E-state index contributed by atoms with van der Waals surface area (Å²) in [6, 6.07) is 12.8. The van der Waals surface area contributed by atoms with E-state index in [-0.39, 0.29) is 18.3 Å². The number of fused-ring (bicyclic) bond motifs is 1. The summed E-state index contributed by atoms with van der Waals surface area (Å²) < 4.78 is 15.1. The lowest BCUT2D eigenvalue weighted by atomic mass is 9.99. The minimum absolute atomic E-state index is 0.00936. The molecule has 0 aliphatic rings. The molecule has 2 aromatic carbocycles. The highest BCUT2D eigenvalue weighted by molar-refractivity contribution is 5.96. The topological polar surface area (TPSA) is 51.0 Å². The van der Waals surface area contributed by atoms with Gasteiger partial charge in [-0.25, -0.2) is 4.39 Å². The predicted octanol–water partition coefficient (Wildman–Crippen LogP) is 3.99. The van der Waals surface area contributed by atoms with Crippen molar-refractivity contribution in [3.63, 3.8) is 0 Å². The molecule has 1 amide bonds. The van der Waals surface area contributed by atoms with Gasteiger partial charge in [-0.3, -0.25) is 14.5 Å². The Kier molecular flexibility index (Phi) is 4.61. The molecular formula is C22H19FN4O. The smallest absolute Gasteiger partial charge is 0.243 e. The Morgan fingerprint density at radius 1 is 1.00 bits per heavy atom. The summed E-state index contributed by atoms with van der Waals surface area (Å²) in [4.78, 5) is 17.6. The highest BCUT2D eigenvalue weighted by atomic mass is 19.1. The van der Waals surface area contributed by atoms with Crippen molar-refractivity contribution in [2.75, 3.05) is 14.1 Å². The van der Waals surface area contributed by atoms with Crippen LogP contribution in [0.2, 0.25) is 0 Å². The minimum atomic E-state index is -0.272. The normalized spacial score (nSPS) is 11.0. The summed E-state index contributed by atoms with van der Waals surface area (Å²) in [6.45, 7) is 0.212. The number of amides is 1. The van der Waals surface area contributed by atoms with E-state index in [9.17, 15) is 9.18 Å². The maximum absolute atomic E-state index is 13.5. The summed E-state index contributed by atoms with van der Waals surface area (Å²) in [6.07, 6.45) is 7.07. The number of nitrogens with zero attached hydrogens (tertiary/aromatic N) is 4. The van der Waals surface area contributed by atoms with Crippen molar-refractivity contribution >= 4 is 16.7 Å². The number of carbonyl (C=O) groups is 1. The van der Waals surface area contributed by atoms with Crippen molar-refractivity contribution in [3.8, 4) is 22.3 Å². The standard InChI is InChI=1S/C22H19FN4O/c1-26(2)22(28)14-27-13-18(11-25-27)15-3-5-16(6-4-15)21-12-24-10-17-9-19(23)7-8-20(17)21/h3-13H,14H2,1-2H3. The Bertz CT molecular complexity index is 1150. The zero-order valence-electron chi connectivity index (χ0n) is 15.6. The average Bonchev–Trinajstić information content (AvgIpc) is 3.16. The number of benzene rings is 2. The lowest BCUT2D eigenvalue weighted by molar-refractivity contribution is -0.129. The fraction of sp³-hybridized carbons (Fsp3) is 0.136. The zero-order valence-corrected chi connectivity index (χ0v) is 15.6. The molecule has 0 N–H and O–H groups in total. The van der Waals surface area contributed by atoms with Crippen LogP contribution in [0.4, 0.5) is 4.39 Å². The van der Waals surface area contributed by atoms with Crippen LogP contribution in [-0.2, 0) is 11.3 Å². The highest BCUT2D eigenvalue weighted by Crippen LogP contribution is 2.30. The highest BCUT2D eigenvalue weighted by Gasteiger charge is 2.09. The fourth-order valence-electron chi connectivity index (χ4n) is 3.10. The molecule has 6 heteroatoms. The molecular weight excluding hydrogens is 355 g/mol. The Hall–Kier alpha value is -3.54. The summed E-state index contributed by atoms with van der Waals surface area (Å²) in [7, 11) is 3.45. The third kappa shape index (κ3) is 3.49. The van der Waals surface area contributed by atoms with Crippen LogP contribution in [0.5, 0.6) is 0 Å². The minimum Gasteiger partial charge on any atom is -0.347 e. The molecule has 0 saturated carbocycles. The van der Waals surface area contributed by atoms with E-state index in [1.807, 2.05) is 30.5 Å². The molecule has 0 bridgehead atoms. The van der Waals surface area contributed by atoms with Gasteiger partial charge in [0, 0.05) is 49.2 Å². The first-order valence-corrected chi connectivity index (χ1v) is 8.88. The van der Waals surface area contributed by atoms with Crippen molar-refractivity contribution < 1.29 is 9.18 Å². The van der Waals surface area contributed by atoms with E-state index in [1.165, 1.54) is 12.1 Å². The van der Waals surface area contributed by atoms with Crippen LogP contribution in [0, 0.1) is 5.82 Å². The summed E-state index contributed by atoms with van der Waals surface area (Å²) >= 11 is 0.